The molecule has 0 aliphatic rings. The van der Waals surface area contributed by atoms with E-state index in [-0.39, 0.29) is 22.2 Å². The number of fused-ring (bicyclic) bond motifs is 1. The molecule has 0 radical (unpaired) electrons. The number of aromatic amines is 1. The highest BCUT2D eigenvalue weighted by atomic mass is 32.2. The number of aromatic nitrogens is 1. The lowest BCUT2D eigenvalue weighted by molar-refractivity contribution is -0.109. The van der Waals surface area contributed by atoms with Gasteiger partial charge in [-0.15, -0.1) is 0 Å². The summed E-state index contributed by atoms with van der Waals surface area (Å²) >= 11 is 1.07. The van der Waals surface area contributed by atoms with Gasteiger partial charge in [0.25, 0.3) is 0 Å². The van der Waals surface area contributed by atoms with E-state index in [0.29, 0.717) is 16.7 Å². The van der Waals surface area contributed by atoms with Gasteiger partial charge in [0.2, 0.25) is 0 Å². The number of aromatic carboxylic acids is 1. The lowest BCUT2D eigenvalue weighted by Crippen LogP contribution is -2.17. The normalized spacial score (nSPS) is 12.3. The largest absolute Gasteiger partial charge is 0.477 e. The van der Waals surface area contributed by atoms with Crippen molar-refractivity contribution in [3.05, 3.63) is 35.5 Å². The Kier molecular flexibility index (Phi) is 4.47. The number of hydrogen-bond acceptors (Lipinski definition) is 4. The zero-order valence-corrected chi connectivity index (χ0v) is 12.5. The summed E-state index contributed by atoms with van der Waals surface area (Å²) in [6.07, 6.45) is 0. The minimum Gasteiger partial charge on any atom is -0.477 e. The van der Waals surface area contributed by atoms with Crippen molar-refractivity contribution in [1.82, 2.24) is 4.98 Å². The Morgan fingerprint density at radius 2 is 1.95 bits per heavy atom. The topological polar surface area (TPSA) is 87.2 Å². The summed E-state index contributed by atoms with van der Waals surface area (Å²) in [4.78, 5) is 37.7. The molecule has 0 amide bonds. The van der Waals surface area contributed by atoms with Crippen molar-refractivity contribution >= 4 is 39.5 Å². The molecule has 0 aliphatic heterocycles. The van der Waals surface area contributed by atoms with Crippen molar-refractivity contribution in [3.63, 3.8) is 0 Å². The maximum Gasteiger partial charge on any atom is 0.353 e. The van der Waals surface area contributed by atoms with Crippen LogP contribution >= 0.6 is 11.8 Å². The molecule has 1 aromatic heterocycles. The lowest BCUT2D eigenvalue weighted by atomic mass is 9.98. The van der Waals surface area contributed by atoms with Gasteiger partial charge >= 0.3 is 5.97 Å². The zero-order chi connectivity index (χ0) is 15.6. The number of carbonyl (C=O) groups excluding carboxylic acids is 2. The standard InChI is InChI=1S/C15H15NO4S/c1-8(7-21-9(2)17)14(18)12-10-5-3-4-6-11(10)16-13(12)15(19)20/h3-6,8,16H,7H2,1-2H3,(H,19,20). The minimum absolute atomic E-state index is 0.0629. The van der Waals surface area contributed by atoms with Crippen LogP contribution in [0.25, 0.3) is 10.9 Å². The molecule has 6 heteroatoms. The number of Topliss-reactive ketones (excluding diaryl/α,β-unsaturated/α-hetero) is 1. The van der Waals surface area contributed by atoms with E-state index >= 15 is 0 Å². The average molecular weight is 305 g/mol. The molecule has 2 rings (SSSR count). The Bertz CT molecular complexity index is 720. The number of rotatable bonds is 5. The Balaban J connectivity index is 2.44. The van der Waals surface area contributed by atoms with Crippen LogP contribution in [0.1, 0.15) is 34.7 Å². The molecule has 1 unspecified atom stereocenters. The molecule has 0 bridgehead atoms. The molecule has 0 spiro atoms. The first-order chi connectivity index (χ1) is 9.91. The molecule has 2 N–H and O–H groups in total. The number of nitrogens with one attached hydrogen (secondary N) is 1. The van der Waals surface area contributed by atoms with Crippen molar-refractivity contribution in [2.45, 2.75) is 13.8 Å². The van der Waals surface area contributed by atoms with Crippen LogP contribution in [0.3, 0.4) is 0 Å². The highest BCUT2D eigenvalue weighted by Crippen LogP contribution is 2.26. The third kappa shape index (κ3) is 3.16. The van der Waals surface area contributed by atoms with Gasteiger partial charge in [0.1, 0.15) is 5.69 Å². The van der Waals surface area contributed by atoms with Crippen molar-refractivity contribution in [1.29, 1.82) is 0 Å². The zero-order valence-electron chi connectivity index (χ0n) is 11.7. The number of ketones is 1. The Labute approximate surface area is 125 Å². The predicted octanol–water partition coefficient (Wildman–Crippen LogP) is 2.96. The summed E-state index contributed by atoms with van der Waals surface area (Å²) in [7, 11) is 0. The van der Waals surface area contributed by atoms with Gasteiger partial charge in [0.05, 0.1) is 5.56 Å². The molecule has 2 aromatic rings. The van der Waals surface area contributed by atoms with Crippen molar-refractivity contribution in [3.8, 4) is 0 Å². The Morgan fingerprint density at radius 1 is 1.29 bits per heavy atom. The molecule has 5 nitrogen and oxygen atoms in total. The molecular formula is C15H15NO4S. The van der Waals surface area contributed by atoms with Crippen LogP contribution in [0.15, 0.2) is 24.3 Å². The Hall–Kier alpha value is -2.08. The second-order valence-corrected chi connectivity index (χ2v) is 5.99. The van der Waals surface area contributed by atoms with E-state index in [4.69, 9.17) is 0 Å². The van der Waals surface area contributed by atoms with E-state index in [0.717, 1.165) is 11.8 Å². The van der Waals surface area contributed by atoms with E-state index in [2.05, 4.69) is 4.98 Å². The molecule has 21 heavy (non-hydrogen) atoms. The number of thioether (sulfide) groups is 1. The summed E-state index contributed by atoms with van der Waals surface area (Å²) < 4.78 is 0. The van der Waals surface area contributed by atoms with Crippen LogP contribution in [0, 0.1) is 5.92 Å². The van der Waals surface area contributed by atoms with Gasteiger partial charge < -0.3 is 10.1 Å². The third-order valence-corrected chi connectivity index (χ3v) is 4.22. The average Bonchev–Trinajstić information content (AvgIpc) is 2.83. The molecule has 0 aliphatic carbocycles. The van der Waals surface area contributed by atoms with Gasteiger partial charge in [0.15, 0.2) is 10.9 Å². The smallest absolute Gasteiger partial charge is 0.353 e. The summed E-state index contributed by atoms with van der Waals surface area (Å²) in [5.41, 5.74) is 0.709. The van der Waals surface area contributed by atoms with Gasteiger partial charge in [-0.3, -0.25) is 9.59 Å². The molecule has 0 fully saturated rings. The fraction of sp³-hybridized carbons (Fsp3) is 0.267. The SMILES string of the molecule is CC(=O)SCC(C)C(=O)c1c(C(=O)O)[nH]c2ccccc12. The second-order valence-electron chi connectivity index (χ2n) is 4.79. The molecule has 1 aromatic carbocycles. The highest BCUT2D eigenvalue weighted by Gasteiger charge is 2.26. The van der Waals surface area contributed by atoms with Crippen LogP contribution in [0.2, 0.25) is 0 Å². The van der Waals surface area contributed by atoms with E-state index in [1.165, 1.54) is 6.92 Å². The van der Waals surface area contributed by atoms with Crippen molar-refractivity contribution < 1.29 is 19.5 Å². The van der Waals surface area contributed by atoms with E-state index < -0.39 is 11.9 Å². The van der Waals surface area contributed by atoms with E-state index in [1.54, 1.807) is 31.2 Å². The highest BCUT2D eigenvalue weighted by molar-refractivity contribution is 8.13. The molecular weight excluding hydrogens is 290 g/mol. The van der Waals surface area contributed by atoms with Crippen molar-refractivity contribution in [2.75, 3.05) is 5.75 Å². The van der Waals surface area contributed by atoms with Crippen LogP contribution in [0.4, 0.5) is 0 Å². The first-order valence-corrected chi connectivity index (χ1v) is 7.42. The molecule has 1 atom stereocenters. The number of carbonyl (C=O) groups is 3. The third-order valence-electron chi connectivity index (χ3n) is 3.15. The predicted molar refractivity (Wildman–Crippen MR) is 81.9 cm³/mol. The monoisotopic (exact) mass is 305 g/mol. The van der Waals surface area contributed by atoms with Gasteiger partial charge in [-0.25, -0.2) is 4.79 Å². The summed E-state index contributed by atoms with van der Waals surface area (Å²) in [5.74, 6) is -1.53. The molecule has 0 saturated carbocycles. The van der Waals surface area contributed by atoms with E-state index in [1.807, 2.05) is 0 Å². The van der Waals surface area contributed by atoms with Gasteiger partial charge in [-0.05, 0) is 6.07 Å². The van der Waals surface area contributed by atoms with Crippen molar-refractivity contribution in [2.24, 2.45) is 5.92 Å². The first-order valence-electron chi connectivity index (χ1n) is 6.43. The maximum absolute atomic E-state index is 12.5. The number of carboxylic acid groups (broad SMARTS) is 1. The lowest BCUT2D eigenvalue weighted by Gasteiger charge is -2.09. The maximum atomic E-state index is 12.5. The number of hydrogen-bond donors (Lipinski definition) is 2. The Morgan fingerprint density at radius 3 is 2.57 bits per heavy atom. The molecule has 1 heterocycles. The van der Waals surface area contributed by atoms with Crippen LogP contribution in [-0.2, 0) is 4.79 Å². The number of para-hydroxylation sites is 1. The fourth-order valence-electron chi connectivity index (χ4n) is 2.12. The minimum atomic E-state index is -1.17. The summed E-state index contributed by atoms with van der Waals surface area (Å²) in [5, 5.41) is 9.81. The molecule has 0 saturated heterocycles. The van der Waals surface area contributed by atoms with Crippen LogP contribution < -0.4 is 0 Å². The van der Waals surface area contributed by atoms with Gasteiger partial charge in [0, 0.05) is 29.5 Å². The number of H-pyrrole nitrogens is 1. The number of benzene rings is 1. The summed E-state index contributed by atoms with van der Waals surface area (Å²) in [6.45, 7) is 3.14. The van der Waals surface area contributed by atoms with Gasteiger partial charge in [-0.1, -0.05) is 36.9 Å². The molecule has 110 valence electrons. The van der Waals surface area contributed by atoms with Crippen LogP contribution in [0.5, 0.6) is 0 Å². The van der Waals surface area contributed by atoms with Crippen LogP contribution in [-0.4, -0.2) is 32.7 Å². The van der Waals surface area contributed by atoms with Gasteiger partial charge in [-0.2, -0.15) is 0 Å². The number of carboxylic acids is 1. The van der Waals surface area contributed by atoms with E-state index in [9.17, 15) is 19.5 Å². The fourth-order valence-corrected chi connectivity index (χ4v) is 2.76. The quantitative estimate of drug-likeness (QED) is 0.829. The first kappa shape index (κ1) is 15.3. The summed E-state index contributed by atoms with van der Waals surface area (Å²) in [6, 6.07) is 6.98. The second kappa shape index (κ2) is 6.13.